The third-order valence-electron chi connectivity index (χ3n) is 2.29. The van der Waals surface area contributed by atoms with Gasteiger partial charge in [0.15, 0.2) is 0 Å². The second-order valence-corrected chi connectivity index (χ2v) is 6.70. The highest BCUT2D eigenvalue weighted by Gasteiger charge is 2.15. The van der Waals surface area contributed by atoms with E-state index in [1.807, 2.05) is 12.3 Å². The lowest BCUT2D eigenvalue weighted by atomic mass is 10.3. The normalized spacial score (nSPS) is 11.9. The smallest absolute Gasteiger partial charge is 0.250 e. The number of nitrogens with one attached hydrogen (secondary N) is 2. The molecule has 0 aliphatic rings. The van der Waals surface area contributed by atoms with E-state index in [9.17, 15) is 8.42 Å². The van der Waals surface area contributed by atoms with Crippen molar-refractivity contribution in [1.82, 2.24) is 10.0 Å². The fraction of sp³-hybridized carbons (Fsp3) is 0.636. The zero-order chi connectivity index (χ0) is 13.4. The maximum absolute atomic E-state index is 11.9. The van der Waals surface area contributed by atoms with Gasteiger partial charge in [-0.1, -0.05) is 6.92 Å². The van der Waals surface area contributed by atoms with Crippen LogP contribution in [0, 0.1) is 0 Å². The second kappa shape index (κ2) is 7.85. The van der Waals surface area contributed by atoms with Crippen LogP contribution in [0.1, 0.15) is 18.9 Å². The van der Waals surface area contributed by atoms with Gasteiger partial charge in [-0.05, 0) is 30.0 Å². The molecule has 1 heterocycles. The van der Waals surface area contributed by atoms with Crippen LogP contribution in [-0.4, -0.2) is 35.2 Å². The van der Waals surface area contributed by atoms with E-state index in [0.717, 1.165) is 12.1 Å². The molecule has 0 aromatic carbocycles. The largest absolute Gasteiger partial charge is 0.385 e. The second-order valence-electron chi connectivity index (χ2n) is 3.80. The van der Waals surface area contributed by atoms with Gasteiger partial charge >= 0.3 is 0 Å². The molecule has 0 aliphatic heterocycles. The molecular formula is C11H20N2O3S2. The molecule has 0 unspecified atom stereocenters. The fourth-order valence-corrected chi connectivity index (χ4v) is 3.68. The zero-order valence-corrected chi connectivity index (χ0v) is 12.4. The van der Waals surface area contributed by atoms with Crippen LogP contribution in [0.15, 0.2) is 15.7 Å². The van der Waals surface area contributed by atoms with Crippen molar-refractivity contribution >= 4 is 21.4 Å². The van der Waals surface area contributed by atoms with Crippen LogP contribution in [0.25, 0.3) is 0 Å². The molecule has 1 aromatic heterocycles. The summed E-state index contributed by atoms with van der Waals surface area (Å²) in [5.74, 6) is 0. The maximum Gasteiger partial charge on any atom is 0.250 e. The van der Waals surface area contributed by atoms with Gasteiger partial charge in [0.1, 0.15) is 4.21 Å². The number of hydrogen-bond acceptors (Lipinski definition) is 5. The molecule has 0 bridgehead atoms. The Balaban J connectivity index is 2.53. The molecule has 104 valence electrons. The van der Waals surface area contributed by atoms with Crippen LogP contribution in [0.3, 0.4) is 0 Å². The number of hydrogen-bond donors (Lipinski definition) is 2. The number of rotatable bonds is 9. The van der Waals surface area contributed by atoms with Crippen LogP contribution in [0.2, 0.25) is 0 Å². The predicted octanol–water partition coefficient (Wildman–Crippen LogP) is 1.17. The first-order chi connectivity index (χ1) is 8.60. The Morgan fingerprint density at radius 1 is 1.44 bits per heavy atom. The van der Waals surface area contributed by atoms with Gasteiger partial charge in [0.25, 0.3) is 0 Å². The quantitative estimate of drug-likeness (QED) is 0.671. The van der Waals surface area contributed by atoms with Crippen molar-refractivity contribution in [2.75, 3.05) is 26.8 Å². The van der Waals surface area contributed by atoms with Crippen molar-refractivity contribution in [3.8, 4) is 0 Å². The van der Waals surface area contributed by atoms with Crippen LogP contribution in [-0.2, 0) is 21.3 Å². The predicted molar refractivity (Wildman–Crippen MR) is 73.4 cm³/mol. The summed E-state index contributed by atoms with van der Waals surface area (Å²) in [7, 11) is -1.76. The molecule has 0 spiro atoms. The lowest BCUT2D eigenvalue weighted by Gasteiger charge is -2.03. The lowest BCUT2D eigenvalue weighted by Crippen LogP contribution is -2.24. The number of ether oxygens (including phenoxy) is 1. The van der Waals surface area contributed by atoms with Crippen molar-refractivity contribution in [2.24, 2.45) is 0 Å². The van der Waals surface area contributed by atoms with Gasteiger partial charge in [-0.15, -0.1) is 11.3 Å². The standard InChI is InChI=1S/C11H20N2O3S2/c1-3-12-8-10-7-11(17-9-10)18(14,15)13-5-4-6-16-2/h7,9,12-13H,3-6,8H2,1-2H3. The van der Waals surface area contributed by atoms with Crippen molar-refractivity contribution in [2.45, 2.75) is 24.1 Å². The third-order valence-corrected chi connectivity index (χ3v) is 5.24. The summed E-state index contributed by atoms with van der Waals surface area (Å²) in [4.78, 5) is 0. The van der Waals surface area contributed by atoms with Gasteiger partial charge in [-0.3, -0.25) is 0 Å². The van der Waals surface area contributed by atoms with E-state index in [0.29, 0.717) is 30.3 Å². The molecule has 0 fully saturated rings. The van der Waals surface area contributed by atoms with E-state index >= 15 is 0 Å². The molecule has 1 rings (SSSR count). The highest BCUT2D eigenvalue weighted by molar-refractivity contribution is 7.91. The Labute approximate surface area is 113 Å². The molecule has 2 N–H and O–H groups in total. The topological polar surface area (TPSA) is 67.4 Å². The Kier molecular flexibility index (Phi) is 6.80. The van der Waals surface area contributed by atoms with E-state index < -0.39 is 10.0 Å². The molecule has 0 radical (unpaired) electrons. The summed E-state index contributed by atoms with van der Waals surface area (Å²) in [6, 6.07) is 1.71. The van der Waals surface area contributed by atoms with E-state index in [-0.39, 0.29) is 0 Å². The highest BCUT2D eigenvalue weighted by atomic mass is 32.2. The SMILES string of the molecule is CCNCc1csc(S(=O)(=O)NCCCOC)c1. The first-order valence-corrected chi connectivity index (χ1v) is 8.23. The summed E-state index contributed by atoms with van der Waals surface area (Å²) in [6.07, 6.45) is 0.672. The van der Waals surface area contributed by atoms with E-state index in [1.165, 1.54) is 11.3 Å². The average Bonchev–Trinajstić information content (AvgIpc) is 2.81. The Hall–Kier alpha value is -0.470. The van der Waals surface area contributed by atoms with Crippen LogP contribution >= 0.6 is 11.3 Å². The highest BCUT2D eigenvalue weighted by Crippen LogP contribution is 2.19. The molecule has 18 heavy (non-hydrogen) atoms. The van der Waals surface area contributed by atoms with Crippen molar-refractivity contribution in [1.29, 1.82) is 0 Å². The number of thiophene rings is 1. The maximum atomic E-state index is 11.9. The minimum atomic E-state index is -3.36. The Bertz CT molecular complexity index is 443. The molecule has 0 saturated heterocycles. The summed E-state index contributed by atoms with van der Waals surface area (Å²) in [5, 5.41) is 5.03. The first kappa shape index (κ1) is 15.6. The molecule has 0 saturated carbocycles. The van der Waals surface area contributed by atoms with Crippen LogP contribution < -0.4 is 10.0 Å². The zero-order valence-electron chi connectivity index (χ0n) is 10.7. The van der Waals surface area contributed by atoms with Gasteiger partial charge < -0.3 is 10.1 Å². The van der Waals surface area contributed by atoms with E-state index in [2.05, 4.69) is 10.0 Å². The summed E-state index contributed by atoms with van der Waals surface area (Å²) in [6.45, 7) is 4.54. The summed E-state index contributed by atoms with van der Waals surface area (Å²) < 4.78 is 31.6. The third kappa shape index (κ3) is 5.03. The Morgan fingerprint density at radius 2 is 2.22 bits per heavy atom. The molecule has 0 amide bonds. The van der Waals surface area contributed by atoms with Crippen molar-refractivity contribution in [3.63, 3.8) is 0 Å². The molecule has 0 aliphatic carbocycles. The molecule has 7 heteroatoms. The van der Waals surface area contributed by atoms with Gasteiger partial charge in [0.2, 0.25) is 10.0 Å². The molecule has 1 aromatic rings. The van der Waals surface area contributed by atoms with Crippen molar-refractivity contribution < 1.29 is 13.2 Å². The minimum Gasteiger partial charge on any atom is -0.385 e. The van der Waals surface area contributed by atoms with E-state index in [4.69, 9.17) is 4.74 Å². The first-order valence-electron chi connectivity index (χ1n) is 5.87. The van der Waals surface area contributed by atoms with Gasteiger partial charge in [-0.25, -0.2) is 13.1 Å². The molecule has 5 nitrogen and oxygen atoms in total. The molecular weight excluding hydrogens is 272 g/mol. The summed E-state index contributed by atoms with van der Waals surface area (Å²) in [5.41, 5.74) is 0.999. The monoisotopic (exact) mass is 292 g/mol. The number of methoxy groups -OCH3 is 1. The fourth-order valence-electron chi connectivity index (χ4n) is 1.35. The van der Waals surface area contributed by atoms with E-state index in [1.54, 1.807) is 13.2 Å². The van der Waals surface area contributed by atoms with Crippen LogP contribution in [0.4, 0.5) is 0 Å². The van der Waals surface area contributed by atoms with Gasteiger partial charge in [0, 0.05) is 26.8 Å². The van der Waals surface area contributed by atoms with Gasteiger partial charge in [-0.2, -0.15) is 0 Å². The average molecular weight is 292 g/mol. The number of sulfonamides is 1. The van der Waals surface area contributed by atoms with Gasteiger partial charge in [0.05, 0.1) is 0 Å². The lowest BCUT2D eigenvalue weighted by molar-refractivity contribution is 0.196. The van der Waals surface area contributed by atoms with Crippen LogP contribution in [0.5, 0.6) is 0 Å². The summed E-state index contributed by atoms with van der Waals surface area (Å²) >= 11 is 1.25. The Morgan fingerprint density at radius 3 is 2.89 bits per heavy atom. The van der Waals surface area contributed by atoms with Crippen molar-refractivity contribution in [3.05, 3.63) is 17.0 Å². The molecule has 0 atom stereocenters. The minimum absolute atomic E-state index is 0.368.